The monoisotopic (exact) mass is 595 g/mol. The molecule has 34 heavy (non-hydrogen) atoms. The number of para-hydroxylation sites is 3. The summed E-state index contributed by atoms with van der Waals surface area (Å²) in [6.45, 7) is 0. The molecule has 0 atom stereocenters. The Kier molecular flexibility index (Phi) is 9.77. The molecule has 0 aliphatic heterocycles. The van der Waals surface area contributed by atoms with E-state index in [1.807, 2.05) is 91.0 Å². The third-order valence-electron chi connectivity index (χ3n) is 4.79. The van der Waals surface area contributed by atoms with Crippen molar-refractivity contribution < 1.29 is 0 Å². The van der Waals surface area contributed by atoms with Gasteiger partial charge in [0.1, 0.15) is 0 Å². The van der Waals surface area contributed by atoms with Crippen LogP contribution in [0.25, 0.3) is 32.7 Å². The van der Waals surface area contributed by atoms with Crippen LogP contribution in [0, 0.1) is 0 Å². The van der Waals surface area contributed by atoms with Gasteiger partial charge in [-0.25, -0.2) is 0 Å². The van der Waals surface area contributed by atoms with Crippen LogP contribution in [0.5, 0.6) is 0 Å². The second-order valence-electron chi connectivity index (χ2n) is 6.99. The van der Waals surface area contributed by atoms with Crippen molar-refractivity contribution in [1.29, 1.82) is 0 Å². The second kappa shape index (κ2) is 12.8. The molecule has 0 spiro atoms. The van der Waals surface area contributed by atoms with Crippen molar-refractivity contribution in [1.82, 2.24) is 15.0 Å². The fraction of sp³-hybridized carbons (Fsp3) is 0. The molecule has 0 radical (unpaired) electrons. The molecule has 0 fully saturated rings. The first kappa shape index (κ1) is 26.0. The largest absolute Gasteiger partial charge is 3.00 e. The maximum Gasteiger partial charge on any atom is 3.00 e. The molecular weight excluding hydrogens is 577 g/mol. The Hall–Kier alpha value is -2.58. The summed E-state index contributed by atoms with van der Waals surface area (Å²) >= 11 is 15.3. The third-order valence-corrected chi connectivity index (χ3v) is 5.78. The third kappa shape index (κ3) is 6.51. The molecule has 0 amide bonds. The minimum Gasteiger partial charge on any atom is -0.778 e. The molecule has 7 heteroatoms. The number of hydrogen-bond acceptors (Lipinski definition) is 6. The van der Waals surface area contributed by atoms with Gasteiger partial charge in [-0.3, -0.25) is 15.0 Å². The van der Waals surface area contributed by atoms with Gasteiger partial charge in [0.2, 0.25) is 0 Å². The smallest absolute Gasteiger partial charge is 0.778 e. The van der Waals surface area contributed by atoms with Crippen LogP contribution in [0.2, 0.25) is 0 Å². The van der Waals surface area contributed by atoms with E-state index < -0.39 is 0 Å². The van der Waals surface area contributed by atoms with E-state index in [0.29, 0.717) is 0 Å². The molecule has 3 nitrogen and oxygen atoms in total. The zero-order valence-electron chi connectivity index (χ0n) is 18.0. The van der Waals surface area contributed by atoms with Crippen LogP contribution in [0.1, 0.15) is 0 Å². The minimum atomic E-state index is 0. The van der Waals surface area contributed by atoms with E-state index in [-0.39, 0.29) is 25.8 Å². The van der Waals surface area contributed by atoms with Crippen LogP contribution in [-0.2, 0) is 37.9 Å². The van der Waals surface area contributed by atoms with Gasteiger partial charge in [0.05, 0.1) is 16.6 Å². The Morgan fingerprint density at radius 1 is 0.382 bits per heavy atom. The molecule has 0 saturated heterocycles. The molecule has 3 aromatic heterocycles. The number of fused-ring (bicyclic) bond motifs is 3. The Morgan fingerprint density at radius 3 is 0.912 bits per heavy atom. The number of benzene rings is 3. The molecule has 6 aromatic rings. The van der Waals surface area contributed by atoms with Crippen LogP contribution >= 0.6 is 0 Å². The standard InChI is InChI=1S/3C9H7NS.In/c3*11-8-5-1-3-7-4-2-6-10-9(7)8;/h3*1-6,11H;/q;;;+3/p-3. The van der Waals surface area contributed by atoms with Crippen molar-refractivity contribution in [2.75, 3.05) is 0 Å². The fourth-order valence-corrected chi connectivity index (χ4v) is 3.98. The van der Waals surface area contributed by atoms with Gasteiger partial charge in [-0.05, 0) is 34.4 Å². The number of rotatable bonds is 0. The van der Waals surface area contributed by atoms with Crippen LogP contribution in [0.15, 0.2) is 124 Å². The van der Waals surface area contributed by atoms with Crippen molar-refractivity contribution in [2.24, 2.45) is 0 Å². The Bertz CT molecular complexity index is 1330. The molecule has 3 heterocycles. The molecule has 0 bridgehead atoms. The molecule has 0 aliphatic rings. The Balaban J connectivity index is 0.000000141. The number of aromatic nitrogens is 3. The summed E-state index contributed by atoms with van der Waals surface area (Å²) in [6, 6.07) is 29.3. The summed E-state index contributed by atoms with van der Waals surface area (Å²) in [5.41, 5.74) is 2.76. The van der Waals surface area contributed by atoms with Gasteiger partial charge < -0.3 is 37.9 Å². The predicted molar refractivity (Wildman–Crippen MR) is 148 cm³/mol. The van der Waals surface area contributed by atoms with Crippen LogP contribution in [0.3, 0.4) is 0 Å². The maximum absolute atomic E-state index is 5.09. The summed E-state index contributed by atoms with van der Waals surface area (Å²) < 4.78 is 0. The summed E-state index contributed by atoms with van der Waals surface area (Å²) in [4.78, 5) is 15.0. The molecule has 3 aromatic carbocycles. The topological polar surface area (TPSA) is 38.7 Å². The van der Waals surface area contributed by atoms with Crippen LogP contribution in [-0.4, -0.2) is 40.8 Å². The number of hydrogen-bond donors (Lipinski definition) is 0. The van der Waals surface area contributed by atoms with E-state index in [9.17, 15) is 0 Å². The van der Waals surface area contributed by atoms with E-state index >= 15 is 0 Å². The Morgan fingerprint density at radius 2 is 0.647 bits per heavy atom. The first-order chi connectivity index (χ1) is 16.1. The minimum absolute atomic E-state index is 0. The van der Waals surface area contributed by atoms with E-state index in [4.69, 9.17) is 37.9 Å². The van der Waals surface area contributed by atoms with Gasteiger partial charge >= 0.3 is 25.8 Å². The van der Waals surface area contributed by atoms with E-state index in [0.717, 1.165) is 47.4 Å². The Labute approximate surface area is 234 Å². The molecule has 0 aliphatic carbocycles. The zero-order chi connectivity index (χ0) is 23.0. The van der Waals surface area contributed by atoms with Crippen molar-refractivity contribution in [2.45, 2.75) is 14.7 Å². The molecule has 6 rings (SSSR count). The summed E-state index contributed by atoms with van der Waals surface area (Å²) in [5.74, 6) is 0. The molecule has 0 saturated carbocycles. The zero-order valence-corrected chi connectivity index (χ0v) is 23.8. The molecule has 162 valence electrons. The molecule has 0 unspecified atom stereocenters. The molecule has 0 N–H and O–H groups in total. The van der Waals surface area contributed by atoms with Crippen molar-refractivity contribution in [3.63, 3.8) is 0 Å². The van der Waals surface area contributed by atoms with Gasteiger partial charge in [-0.1, -0.05) is 72.8 Å². The summed E-state index contributed by atoms with van der Waals surface area (Å²) in [7, 11) is 0. The average Bonchev–Trinajstić information content (AvgIpc) is 2.86. The normalized spacial score (nSPS) is 9.88. The fourth-order valence-electron chi connectivity index (χ4n) is 3.23. The predicted octanol–water partition coefficient (Wildman–Crippen LogP) is 6.04. The van der Waals surface area contributed by atoms with Crippen LogP contribution < -0.4 is 0 Å². The van der Waals surface area contributed by atoms with E-state index in [1.54, 1.807) is 18.6 Å². The first-order valence-corrected chi connectivity index (χ1v) is 11.4. The maximum atomic E-state index is 5.09. The van der Waals surface area contributed by atoms with Crippen molar-refractivity contribution in [3.8, 4) is 0 Å². The van der Waals surface area contributed by atoms with E-state index in [2.05, 4.69) is 15.0 Å². The summed E-state index contributed by atoms with van der Waals surface area (Å²) in [6.07, 6.45) is 5.29. The first-order valence-electron chi connectivity index (χ1n) is 10.2. The SMILES string of the molecule is [In+3].[S-]c1cccc2cccnc12.[S-]c1cccc2cccnc12.[S-]c1cccc2cccnc12. The van der Waals surface area contributed by atoms with Crippen LogP contribution in [0.4, 0.5) is 0 Å². The van der Waals surface area contributed by atoms with Gasteiger partial charge in [-0.2, -0.15) is 0 Å². The van der Waals surface area contributed by atoms with Gasteiger partial charge in [0.15, 0.2) is 0 Å². The number of nitrogens with zero attached hydrogens (tertiary/aromatic N) is 3. The van der Waals surface area contributed by atoms with Gasteiger partial charge in [0.25, 0.3) is 0 Å². The summed E-state index contributed by atoms with van der Waals surface area (Å²) in [5, 5.41) is 3.33. The van der Waals surface area contributed by atoms with Gasteiger partial charge in [-0.15, -0.1) is 14.7 Å². The number of pyridine rings is 3. The second-order valence-corrected chi connectivity index (χ2v) is 8.31. The molecular formula is C27H18InN3S3. The van der Waals surface area contributed by atoms with Gasteiger partial charge in [0, 0.05) is 18.6 Å². The van der Waals surface area contributed by atoms with Crippen molar-refractivity contribution in [3.05, 3.63) is 110 Å². The quantitative estimate of drug-likeness (QED) is 0.200. The van der Waals surface area contributed by atoms with Crippen molar-refractivity contribution >= 4 is 96.4 Å². The average molecular weight is 595 g/mol. The van der Waals surface area contributed by atoms with E-state index in [1.165, 1.54) is 0 Å².